The SMILES string of the molecule is CCCOc1ccc2nc(NC(=O)C(C)Oc3ccc(-c4ccccc4)cc3)sc2c1. The van der Waals surface area contributed by atoms with Crippen molar-refractivity contribution in [2.75, 3.05) is 11.9 Å². The molecule has 0 bridgehead atoms. The van der Waals surface area contributed by atoms with Crippen molar-refractivity contribution in [3.8, 4) is 22.6 Å². The molecule has 0 saturated carbocycles. The van der Waals surface area contributed by atoms with Crippen molar-refractivity contribution in [3.63, 3.8) is 0 Å². The number of anilines is 1. The van der Waals surface area contributed by atoms with Crippen LogP contribution in [0.1, 0.15) is 20.3 Å². The molecule has 1 N–H and O–H groups in total. The summed E-state index contributed by atoms with van der Waals surface area (Å²) in [7, 11) is 0. The van der Waals surface area contributed by atoms with Gasteiger partial charge in [-0.15, -0.1) is 0 Å². The van der Waals surface area contributed by atoms with Crippen molar-refractivity contribution in [3.05, 3.63) is 72.8 Å². The smallest absolute Gasteiger partial charge is 0.266 e. The van der Waals surface area contributed by atoms with Gasteiger partial charge in [0.2, 0.25) is 0 Å². The highest BCUT2D eigenvalue weighted by Gasteiger charge is 2.17. The fourth-order valence-electron chi connectivity index (χ4n) is 3.09. The third-order valence-corrected chi connectivity index (χ3v) is 5.64. The molecule has 0 radical (unpaired) electrons. The molecule has 4 aromatic rings. The molecule has 0 spiro atoms. The summed E-state index contributed by atoms with van der Waals surface area (Å²) < 4.78 is 12.5. The Hall–Kier alpha value is -3.38. The summed E-state index contributed by atoms with van der Waals surface area (Å²) in [4.78, 5) is 17.1. The van der Waals surface area contributed by atoms with Crippen molar-refractivity contribution < 1.29 is 14.3 Å². The molecule has 1 aromatic heterocycles. The second-order valence-corrected chi connectivity index (χ2v) is 8.17. The van der Waals surface area contributed by atoms with Crippen LogP contribution < -0.4 is 14.8 Å². The first-order chi connectivity index (χ1) is 15.1. The largest absolute Gasteiger partial charge is 0.494 e. The lowest BCUT2D eigenvalue weighted by Crippen LogP contribution is -2.30. The molecule has 0 aliphatic heterocycles. The van der Waals surface area contributed by atoms with Gasteiger partial charge >= 0.3 is 0 Å². The number of amides is 1. The molecular weight excluding hydrogens is 408 g/mol. The van der Waals surface area contributed by atoms with E-state index in [4.69, 9.17) is 9.47 Å². The average molecular weight is 433 g/mol. The molecule has 0 aliphatic carbocycles. The monoisotopic (exact) mass is 432 g/mol. The number of benzene rings is 3. The predicted octanol–water partition coefficient (Wildman–Crippen LogP) is 6.16. The Kier molecular flexibility index (Phi) is 6.48. The zero-order valence-electron chi connectivity index (χ0n) is 17.5. The summed E-state index contributed by atoms with van der Waals surface area (Å²) in [6.07, 6.45) is 0.299. The number of nitrogens with zero attached hydrogens (tertiary/aromatic N) is 1. The second-order valence-electron chi connectivity index (χ2n) is 7.14. The van der Waals surface area contributed by atoms with Gasteiger partial charge in [-0.25, -0.2) is 4.98 Å². The number of nitrogens with one attached hydrogen (secondary N) is 1. The zero-order chi connectivity index (χ0) is 21.6. The molecule has 4 rings (SSSR count). The standard InChI is InChI=1S/C25H24N2O3S/c1-3-15-29-21-13-14-22-23(16-21)31-25(26-22)27-24(28)17(2)30-20-11-9-19(10-12-20)18-7-5-4-6-8-18/h4-14,16-17H,3,15H2,1-2H3,(H,26,27,28). The number of ether oxygens (including phenoxy) is 2. The van der Waals surface area contributed by atoms with Gasteiger partial charge in [-0.3, -0.25) is 10.1 Å². The molecule has 5 nitrogen and oxygen atoms in total. The highest BCUT2D eigenvalue weighted by Crippen LogP contribution is 2.29. The predicted molar refractivity (Wildman–Crippen MR) is 126 cm³/mol. The molecule has 6 heteroatoms. The van der Waals surface area contributed by atoms with Gasteiger partial charge in [-0.05, 0) is 54.8 Å². The molecule has 0 saturated heterocycles. The minimum absolute atomic E-state index is 0.242. The molecule has 158 valence electrons. The summed E-state index contributed by atoms with van der Waals surface area (Å²) in [5.74, 6) is 1.21. The minimum atomic E-state index is -0.655. The Labute approximate surface area is 185 Å². The van der Waals surface area contributed by atoms with Gasteiger partial charge in [-0.1, -0.05) is 60.7 Å². The van der Waals surface area contributed by atoms with Crippen molar-refractivity contribution in [1.29, 1.82) is 0 Å². The molecular formula is C25H24N2O3S. The van der Waals surface area contributed by atoms with Crippen LogP contribution in [0, 0.1) is 0 Å². The number of carbonyl (C=O) groups excluding carboxylic acids is 1. The summed E-state index contributed by atoms with van der Waals surface area (Å²) in [5, 5.41) is 3.40. The average Bonchev–Trinajstić information content (AvgIpc) is 3.20. The molecule has 31 heavy (non-hydrogen) atoms. The Balaban J connectivity index is 1.38. The van der Waals surface area contributed by atoms with E-state index >= 15 is 0 Å². The van der Waals surface area contributed by atoms with E-state index in [-0.39, 0.29) is 5.91 Å². The van der Waals surface area contributed by atoms with E-state index in [1.807, 2.05) is 60.7 Å². The minimum Gasteiger partial charge on any atom is -0.494 e. The molecule has 1 unspecified atom stereocenters. The van der Waals surface area contributed by atoms with E-state index in [9.17, 15) is 4.79 Å². The first-order valence-corrected chi connectivity index (χ1v) is 11.1. The first kappa shape index (κ1) is 20.9. The zero-order valence-corrected chi connectivity index (χ0v) is 18.3. The van der Waals surface area contributed by atoms with Crippen LogP contribution in [0.2, 0.25) is 0 Å². The highest BCUT2D eigenvalue weighted by molar-refractivity contribution is 7.22. The number of hydrogen-bond acceptors (Lipinski definition) is 5. The quantitative estimate of drug-likeness (QED) is 0.362. The lowest BCUT2D eigenvalue weighted by atomic mass is 10.1. The van der Waals surface area contributed by atoms with Crippen molar-refractivity contribution in [2.24, 2.45) is 0 Å². The molecule has 1 atom stereocenters. The fraction of sp³-hybridized carbons (Fsp3) is 0.200. The van der Waals surface area contributed by atoms with E-state index in [0.717, 1.165) is 33.5 Å². The molecule has 0 aliphatic rings. The Morgan fingerprint density at radius 3 is 2.45 bits per heavy atom. The third-order valence-electron chi connectivity index (χ3n) is 4.71. The van der Waals surface area contributed by atoms with Gasteiger partial charge in [0.05, 0.1) is 16.8 Å². The van der Waals surface area contributed by atoms with Crippen molar-refractivity contribution in [2.45, 2.75) is 26.4 Å². The van der Waals surface area contributed by atoms with E-state index < -0.39 is 6.10 Å². The second kappa shape index (κ2) is 9.62. The Morgan fingerprint density at radius 1 is 1.00 bits per heavy atom. The van der Waals surface area contributed by atoms with Crippen molar-refractivity contribution >= 4 is 32.6 Å². The molecule has 3 aromatic carbocycles. The maximum absolute atomic E-state index is 12.6. The third kappa shape index (κ3) is 5.22. The molecule has 1 heterocycles. The fourth-order valence-corrected chi connectivity index (χ4v) is 3.99. The number of carbonyl (C=O) groups is 1. The van der Waals surface area contributed by atoms with Crippen LogP contribution in [0.25, 0.3) is 21.3 Å². The van der Waals surface area contributed by atoms with Crippen LogP contribution in [0.5, 0.6) is 11.5 Å². The van der Waals surface area contributed by atoms with Gasteiger partial charge in [-0.2, -0.15) is 0 Å². The van der Waals surface area contributed by atoms with E-state index in [1.165, 1.54) is 11.3 Å². The van der Waals surface area contributed by atoms with Gasteiger partial charge in [0.1, 0.15) is 11.5 Å². The van der Waals surface area contributed by atoms with E-state index in [1.54, 1.807) is 6.92 Å². The Morgan fingerprint density at radius 2 is 1.71 bits per heavy atom. The Bertz CT molecular complexity index is 1160. The lowest BCUT2D eigenvalue weighted by molar-refractivity contribution is -0.122. The number of hydrogen-bond donors (Lipinski definition) is 1. The molecule has 0 fully saturated rings. The van der Waals surface area contributed by atoms with Crippen LogP contribution in [0.3, 0.4) is 0 Å². The number of rotatable bonds is 8. The normalized spacial score (nSPS) is 11.8. The van der Waals surface area contributed by atoms with Crippen LogP contribution in [0.15, 0.2) is 72.8 Å². The van der Waals surface area contributed by atoms with Crippen LogP contribution >= 0.6 is 11.3 Å². The van der Waals surface area contributed by atoms with Crippen LogP contribution in [-0.4, -0.2) is 23.6 Å². The first-order valence-electron chi connectivity index (χ1n) is 10.3. The summed E-state index contributed by atoms with van der Waals surface area (Å²) >= 11 is 1.42. The van der Waals surface area contributed by atoms with Crippen LogP contribution in [0.4, 0.5) is 5.13 Å². The number of thiazole rings is 1. The lowest BCUT2D eigenvalue weighted by Gasteiger charge is -2.14. The maximum Gasteiger partial charge on any atom is 0.266 e. The van der Waals surface area contributed by atoms with Crippen LogP contribution in [-0.2, 0) is 4.79 Å². The number of aromatic nitrogens is 1. The van der Waals surface area contributed by atoms with E-state index in [0.29, 0.717) is 17.5 Å². The van der Waals surface area contributed by atoms with E-state index in [2.05, 4.69) is 29.4 Å². The van der Waals surface area contributed by atoms with Crippen molar-refractivity contribution in [1.82, 2.24) is 4.98 Å². The molecule has 1 amide bonds. The van der Waals surface area contributed by atoms with Gasteiger partial charge in [0.25, 0.3) is 5.91 Å². The maximum atomic E-state index is 12.6. The topological polar surface area (TPSA) is 60.5 Å². The number of fused-ring (bicyclic) bond motifs is 1. The van der Waals surface area contributed by atoms with Gasteiger partial charge in [0.15, 0.2) is 11.2 Å². The van der Waals surface area contributed by atoms with Gasteiger partial charge in [0, 0.05) is 0 Å². The summed E-state index contributed by atoms with van der Waals surface area (Å²) in [6, 6.07) is 23.6. The summed E-state index contributed by atoms with van der Waals surface area (Å²) in [5.41, 5.74) is 3.06. The van der Waals surface area contributed by atoms with Gasteiger partial charge < -0.3 is 9.47 Å². The summed E-state index contributed by atoms with van der Waals surface area (Å²) in [6.45, 7) is 4.47. The highest BCUT2D eigenvalue weighted by atomic mass is 32.1.